The first-order valence-corrected chi connectivity index (χ1v) is 4.43. The average molecular weight is 214 g/mol. The summed E-state index contributed by atoms with van der Waals surface area (Å²) in [4.78, 5) is 34.8. The van der Waals surface area contributed by atoms with Crippen LogP contribution in [0.15, 0.2) is 9.98 Å². The molecule has 0 aromatic carbocycles. The molecule has 0 rings (SSSR count). The molecule has 15 heavy (non-hydrogen) atoms. The number of unbranched alkanes of at least 4 members (excludes halogenated alkanes) is 1. The number of hydrogen-bond acceptors (Lipinski definition) is 5. The first-order chi connectivity index (χ1) is 7.09. The van der Waals surface area contributed by atoms with Gasteiger partial charge in [-0.15, -0.1) is 0 Å². The molecular formula is C9H14N2O4. The molecular weight excluding hydrogens is 200 g/mol. The summed E-state index contributed by atoms with van der Waals surface area (Å²) in [5.74, 6) is -1.12. The van der Waals surface area contributed by atoms with Crippen molar-refractivity contribution in [1.29, 1.82) is 0 Å². The smallest absolute Gasteiger partial charge is 0.329 e. The molecule has 6 heteroatoms. The molecule has 84 valence electrons. The highest BCUT2D eigenvalue weighted by molar-refractivity contribution is 5.74. The van der Waals surface area contributed by atoms with E-state index in [-0.39, 0.29) is 0 Å². The molecule has 6 nitrogen and oxygen atoms in total. The van der Waals surface area contributed by atoms with E-state index in [1.807, 2.05) is 0 Å². The van der Waals surface area contributed by atoms with Gasteiger partial charge in [0.05, 0.1) is 6.54 Å². The van der Waals surface area contributed by atoms with Crippen LogP contribution in [-0.4, -0.2) is 35.8 Å². The molecule has 0 radical (unpaired) electrons. The van der Waals surface area contributed by atoms with E-state index in [1.165, 1.54) is 13.0 Å². The lowest BCUT2D eigenvalue weighted by atomic mass is 10.3. The monoisotopic (exact) mass is 214 g/mol. The molecule has 0 aliphatic heterocycles. The maximum absolute atomic E-state index is 9.82. The molecule has 0 saturated heterocycles. The predicted molar refractivity (Wildman–Crippen MR) is 53.1 cm³/mol. The van der Waals surface area contributed by atoms with E-state index in [0.29, 0.717) is 6.54 Å². The van der Waals surface area contributed by atoms with Crippen molar-refractivity contribution in [3.05, 3.63) is 0 Å². The molecule has 0 fully saturated rings. The largest absolute Gasteiger partial charge is 0.480 e. The first-order valence-electron chi connectivity index (χ1n) is 4.43. The van der Waals surface area contributed by atoms with Crippen LogP contribution >= 0.6 is 0 Å². The summed E-state index contributed by atoms with van der Waals surface area (Å²) in [6.45, 7) is 3.99. The summed E-state index contributed by atoms with van der Waals surface area (Å²) < 4.78 is 0. The van der Waals surface area contributed by atoms with Gasteiger partial charge in [-0.1, -0.05) is 13.3 Å². The molecule has 0 aliphatic carbocycles. The van der Waals surface area contributed by atoms with Crippen molar-refractivity contribution in [2.45, 2.75) is 32.7 Å². The molecule has 0 bridgehead atoms. The molecule has 0 aromatic heterocycles. The lowest BCUT2D eigenvalue weighted by Crippen LogP contribution is -2.12. The van der Waals surface area contributed by atoms with E-state index in [1.54, 1.807) is 0 Å². The van der Waals surface area contributed by atoms with Crippen LogP contribution in [0, 0.1) is 0 Å². The lowest BCUT2D eigenvalue weighted by molar-refractivity contribution is -0.137. The van der Waals surface area contributed by atoms with E-state index in [2.05, 4.69) is 16.9 Å². The maximum atomic E-state index is 9.82. The predicted octanol–water partition coefficient (Wildman–Crippen LogP) is 0.918. The van der Waals surface area contributed by atoms with Crippen molar-refractivity contribution >= 4 is 18.1 Å². The van der Waals surface area contributed by atoms with Gasteiger partial charge < -0.3 is 5.11 Å². The van der Waals surface area contributed by atoms with Gasteiger partial charge in [0.2, 0.25) is 12.2 Å². The number of carboxylic acid groups (broad SMARTS) is 1. The Morgan fingerprint density at radius 2 is 2.00 bits per heavy atom. The Balaban J connectivity index is 0. The van der Waals surface area contributed by atoms with E-state index in [0.717, 1.165) is 18.9 Å². The highest BCUT2D eigenvalue weighted by Crippen LogP contribution is 1.84. The molecule has 0 saturated carbocycles. The van der Waals surface area contributed by atoms with Crippen LogP contribution in [0.1, 0.15) is 26.7 Å². The molecule has 0 amide bonds. The van der Waals surface area contributed by atoms with Gasteiger partial charge in [-0.3, -0.25) is 0 Å². The van der Waals surface area contributed by atoms with E-state index >= 15 is 0 Å². The van der Waals surface area contributed by atoms with Crippen LogP contribution in [-0.2, 0) is 14.4 Å². The number of rotatable bonds is 5. The van der Waals surface area contributed by atoms with Crippen LogP contribution in [0.5, 0.6) is 0 Å². The molecule has 1 atom stereocenters. The van der Waals surface area contributed by atoms with Crippen molar-refractivity contribution in [2.75, 3.05) is 6.54 Å². The third-order valence-electron chi connectivity index (χ3n) is 1.29. The number of nitrogens with zero attached hydrogens (tertiary/aromatic N) is 2. The molecule has 0 spiro atoms. The zero-order chi connectivity index (χ0) is 12.1. The van der Waals surface area contributed by atoms with Gasteiger partial charge in [0.1, 0.15) is 0 Å². The minimum absolute atomic E-state index is 0.639. The quantitative estimate of drug-likeness (QED) is 0.418. The van der Waals surface area contributed by atoms with Gasteiger partial charge >= 0.3 is 5.97 Å². The summed E-state index contributed by atoms with van der Waals surface area (Å²) >= 11 is 0. The molecule has 0 aliphatic rings. The van der Waals surface area contributed by atoms with Crippen LogP contribution in [0.2, 0.25) is 0 Å². The number of isocyanates is 2. The third kappa shape index (κ3) is 15.0. The van der Waals surface area contributed by atoms with Crippen LogP contribution in [0.25, 0.3) is 0 Å². The number of carboxylic acids is 1. The maximum Gasteiger partial charge on any atom is 0.329 e. The topological polar surface area (TPSA) is 96.2 Å². The summed E-state index contributed by atoms with van der Waals surface area (Å²) in [5, 5.41) is 8.04. The van der Waals surface area contributed by atoms with Crippen LogP contribution in [0.3, 0.4) is 0 Å². The van der Waals surface area contributed by atoms with Crippen molar-refractivity contribution in [3.63, 3.8) is 0 Å². The Morgan fingerprint density at radius 3 is 2.27 bits per heavy atom. The summed E-state index contributed by atoms with van der Waals surface area (Å²) in [5.41, 5.74) is 0. The van der Waals surface area contributed by atoms with E-state index in [4.69, 9.17) is 5.11 Å². The van der Waals surface area contributed by atoms with Crippen molar-refractivity contribution < 1.29 is 19.5 Å². The standard InChI is InChI=1S/C5H9NO.C4H5NO3/c1-2-3-4-6-5-7;1-3(4(7)8)5-2-6/h2-4H2,1H3;3H,1H3,(H,7,8)/t;3-/m.0/s1. The fourth-order valence-corrected chi connectivity index (χ4v) is 0.417. The number of hydrogen-bond donors (Lipinski definition) is 1. The summed E-state index contributed by atoms with van der Waals surface area (Å²) in [7, 11) is 0. The second kappa shape index (κ2) is 12.2. The van der Waals surface area contributed by atoms with Crippen molar-refractivity contribution in [1.82, 2.24) is 0 Å². The second-order valence-electron chi connectivity index (χ2n) is 2.56. The highest BCUT2D eigenvalue weighted by atomic mass is 16.4. The van der Waals surface area contributed by atoms with Gasteiger partial charge in [0, 0.05) is 0 Å². The van der Waals surface area contributed by atoms with E-state index in [9.17, 15) is 14.4 Å². The minimum Gasteiger partial charge on any atom is -0.480 e. The normalized spacial score (nSPS) is 9.73. The number of aliphatic carboxylic acids is 1. The number of carbonyl (C=O) groups is 1. The Bertz CT molecular complexity index is 263. The van der Waals surface area contributed by atoms with E-state index < -0.39 is 12.0 Å². The van der Waals surface area contributed by atoms with Gasteiger partial charge in [0.15, 0.2) is 6.04 Å². The van der Waals surface area contributed by atoms with Gasteiger partial charge in [0.25, 0.3) is 0 Å². The van der Waals surface area contributed by atoms with Gasteiger partial charge in [-0.05, 0) is 13.3 Å². The molecule has 0 unspecified atom stereocenters. The lowest BCUT2D eigenvalue weighted by Gasteiger charge is -1.90. The van der Waals surface area contributed by atoms with Crippen LogP contribution in [0.4, 0.5) is 0 Å². The van der Waals surface area contributed by atoms with Gasteiger partial charge in [-0.25, -0.2) is 19.4 Å². The average Bonchev–Trinajstić information content (AvgIpc) is 2.20. The Morgan fingerprint density at radius 1 is 1.40 bits per heavy atom. The fourth-order valence-electron chi connectivity index (χ4n) is 0.417. The Kier molecular flexibility index (Phi) is 12.8. The first kappa shape index (κ1) is 15.7. The Labute approximate surface area is 87.7 Å². The zero-order valence-corrected chi connectivity index (χ0v) is 8.77. The number of aliphatic imine (C=N–C) groups is 2. The highest BCUT2D eigenvalue weighted by Gasteiger charge is 2.06. The molecule has 0 aromatic rings. The second-order valence-corrected chi connectivity index (χ2v) is 2.56. The molecule has 1 N–H and O–H groups in total. The summed E-state index contributed by atoms with van der Waals surface area (Å²) in [6.07, 6.45) is 4.70. The third-order valence-corrected chi connectivity index (χ3v) is 1.29. The van der Waals surface area contributed by atoms with Crippen LogP contribution < -0.4 is 0 Å². The minimum atomic E-state index is -1.12. The zero-order valence-electron chi connectivity index (χ0n) is 8.77. The molecule has 0 heterocycles. The van der Waals surface area contributed by atoms with Crippen molar-refractivity contribution in [2.24, 2.45) is 9.98 Å². The summed E-state index contributed by atoms with van der Waals surface area (Å²) in [6, 6.07) is -0.965. The fraction of sp³-hybridized carbons (Fsp3) is 0.667. The SMILES string of the molecule is CCCCN=C=O.C[C@H](N=C=O)C(=O)O. The van der Waals surface area contributed by atoms with Gasteiger partial charge in [-0.2, -0.15) is 4.99 Å². The Hall–Kier alpha value is -1.77. The number of carbonyl (C=O) groups excluding carboxylic acids is 2. The van der Waals surface area contributed by atoms with Crippen molar-refractivity contribution in [3.8, 4) is 0 Å².